The molecule has 1 unspecified atom stereocenters. The SMILES string of the molecule is CC1CC2(CCC1=O)CCN(C(=O)O)CC2. The summed E-state index contributed by atoms with van der Waals surface area (Å²) >= 11 is 0. The number of carboxylic acid groups (broad SMARTS) is 1. The van der Waals surface area contributed by atoms with E-state index in [0.717, 1.165) is 25.7 Å². The quantitative estimate of drug-likeness (QED) is 0.687. The van der Waals surface area contributed by atoms with Gasteiger partial charge in [0.1, 0.15) is 5.78 Å². The smallest absolute Gasteiger partial charge is 0.407 e. The highest BCUT2D eigenvalue weighted by molar-refractivity contribution is 5.81. The van der Waals surface area contributed by atoms with Crippen molar-refractivity contribution < 1.29 is 14.7 Å². The molecular formula is C12H19NO3. The minimum Gasteiger partial charge on any atom is -0.465 e. The highest BCUT2D eigenvalue weighted by Crippen LogP contribution is 2.45. The van der Waals surface area contributed by atoms with Crippen molar-refractivity contribution >= 4 is 11.9 Å². The van der Waals surface area contributed by atoms with Gasteiger partial charge in [-0.25, -0.2) is 4.79 Å². The second-order valence-electron chi connectivity index (χ2n) is 5.34. The van der Waals surface area contributed by atoms with Crippen molar-refractivity contribution in [3.05, 3.63) is 0 Å². The van der Waals surface area contributed by atoms with Gasteiger partial charge < -0.3 is 10.0 Å². The fourth-order valence-electron chi connectivity index (χ4n) is 3.13. The molecular weight excluding hydrogens is 206 g/mol. The number of nitrogens with zero attached hydrogens (tertiary/aromatic N) is 1. The number of hydrogen-bond donors (Lipinski definition) is 1. The number of rotatable bonds is 0. The third-order valence-corrected chi connectivity index (χ3v) is 4.29. The van der Waals surface area contributed by atoms with Crippen LogP contribution in [0.4, 0.5) is 4.79 Å². The van der Waals surface area contributed by atoms with E-state index >= 15 is 0 Å². The van der Waals surface area contributed by atoms with Crippen molar-refractivity contribution in [1.82, 2.24) is 4.90 Å². The Kier molecular flexibility index (Phi) is 2.91. The van der Waals surface area contributed by atoms with Gasteiger partial charge >= 0.3 is 6.09 Å². The van der Waals surface area contributed by atoms with Gasteiger partial charge in [-0.05, 0) is 31.1 Å². The van der Waals surface area contributed by atoms with Crippen LogP contribution in [-0.4, -0.2) is 35.0 Å². The van der Waals surface area contributed by atoms with Crippen LogP contribution in [0, 0.1) is 11.3 Å². The van der Waals surface area contributed by atoms with Gasteiger partial charge in [-0.1, -0.05) is 6.92 Å². The predicted octanol–water partition coefficient (Wildman–Crippen LogP) is 2.14. The van der Waals surface area contributed by atoms with Crippen LogP contribution in [0.25, 0.3) is 0 Å². The summed E-state index contributed by atoms with van der Waals surface area (Å²) < 4.78 is 0. The Morgan fingerprint density at radius 2 is 2.00 bits per heavy atom. The monoisotopic (exact) mass is 225 g/mol. The largest absolute Gasteiger partial charge is 0.465 e. The Morgan fingerprint density at radius 1 is 1.38 bits per heavy atom. The molecule has 0 bridgehead atoms. The molecule has 1 N–H and O–H groups in total. The van der Waals surface area contributed by atoms with E-state index in [1.54, 1.807) is 0 Å². The third-order valence-electron chi connectivity index (χ3n) is 4.29. The van der Waals surface area contributed by atoms with Gasteiger partial charge in [0.15, 0.2) is 0 Å². The summed E-state index contributed by atoms with van der Waals surface area (Å²) in [5.41, 5.74) is 0.249. The molecule has 1 aliphatic carbocycles. The molecule has 1 heterocycles. The fraction of sp³-hybridized carbons (Fsp3) is 0.833. The summed E-state index contributed by atoms with van der Waals surface area (Å²) in [4.78, 5) is 23.8. The lowest BCUT2D eigenvalue weighted by Gasteiger charge is -2.44. The lowest BCUT2D eigenvalue weighted by Crippen LogP contribution is -2.45. The predicted molar refractivity (Wildman–Crippen MR) is 59.3 cm³/mol. The molecule has 0 radical (unpaired) electrons. The molecule has 0 aromatic rings. The van der Waals surface area contributed by atoms with Crippen molar-refractivity contribution in [1.29, 1.82) is 0 Å². The summed E-state index contributed by atoms with van der Waals surface area (Å²) in [6, 6.07) is 0. The minimum atomic E-state index is -0.810. The number of piperidine rings is 1. The summed E-state index contributed by atoms with van der Waals surface area (Å²) in [6.07, 6.45) is 3.65. The van der Waals surface area contributed by atoms with Gasteiger partial charge in [0, 0.05) is 25.4 Å². The molecule has 4 nitrogen and oxygen atoms in total. The van der Waals surface area contributed by atoms with E-state index in [1.165, 1.54) is 4.90 Å². The molecule has 1 saturated heterocycles. The summed E-state index contributed by atoms with van der Waals surface area (Å²) in [5, 5.41) is 8.89. The summed E-state index contributed by atoms with van der Waals surface area (Å²) in [5.74, 6) is 0.552. The molecule has 1 atom stereocenters. The molecule has 4 heteroatoms. The van der Waals surface area contributed by atoms with Gasteiger partial charge in [0.05, 0.1) is 0 Å². The zero-order chi connectivity index (χ0) is 11.8. The van der Waals surface area contributed by atoms with Crippen LogP contribution in [0.1, 0.15) is 39.0 Å². The number of Topliss-reactive ketones (excluding diaryl/α,β-unsaturated/α-hetero) is 1. The van der Waals surface area contributed by atoms with Crippen molar-refractivity contribution in [2.45, 2.75) is 39.0 Å². The fourth-order valence-corrected chi connectivity index (χ4v) is 3.13. The van der Waals surface area contributed by atoms with Crippen LogP contribution in [0.5, 0.6) is 0 Å². The van der Waals surface area contributed by atoms with Crippen LogP contribution in [-0.2, 0) is 4.79 Å². The minimum absolute atomic E-state index is 0.171. The van der Waals surface area contributed by atoms with Crippen LogP contribution >= 0.6 is 0 Å². The van der Waals surface area contributed by atoms with Crippen LogP contribution in [0.3, 0.4) is 0 Å². The maximum atomic E-state index is 11.5. The van der Waals surface area contributed by atoms with Crippen molar-refractivity contribution in [2.75, 3.05) is 13.1 Å². The van der Waals surface area contributed by atoms with E-state index in [-0.39, 0.29) is 11.3 Å². The highest BCUT2D eigenvalue weighted by Gasteiger charge is 2.41. The first kappa shape index (κ1) is 11.4. The molecule has 1 spiro atoms. The van der Waals surface area contributed by atoms with Crippen LogP contribution < -0.4 is 0 Å². The number of ketones is 1. The first-order chi connectivity index (χ1) is 7.52. The number of likely N-dealkylation sites (tertiary alicyclic amines) is 1. The summed E-state index contributed by atoms with van der Waals surface area (Å²) in [7, 11) is 0. The molecule has 1 amide bonds. The number of hydrogen-bond acceptors (Lipinski definition) is 2. The molecule has 90 valence electrons. The van der Waals surface area contributed by atoms with Gasteiger partial charge in [-0.2, -0.15) is 0 Å². The molecule has 1 aliphatic heterocycles. The van der Waals surface area contributed by atoms with Crippen molar-refractivity contribution in [3.8, 4) is 0 Å². The normalized spacial score (nSPS) is 29.4. The van der Waals surface area contributed by atoms with Gasteiger partial charge in [0.25, 0.3) is 0 Å². The van der Waals surface area contributed by atoms with Crippen LogP contribution in [0.15, 0.2) is 0 Å². The second kappa shape index (κ2) is 4.07. The van der Waals surface area contributed by atoms with E-state index in [0.29, 0.717) is 25.3 Å². The molecule has 2 fully saturated rings. The van der Waals surface area contributed by atoms with E-state index in [2.05, 4.69) is 0 Å². The first-order valence-electron chi connectivity index (χ1n) is 6.03. The van der Waals surface area contributed by atoms with Crippen molar-refractivity contribution in [3.63, 3.8) is 0 Å². The lowest BCUT2D eigenvalue weighted by atomic mass is 9.65. The van der Waals surface area contributed by atoms with Crippen molar-refractivity contribution in [2.24, 2.45) is 11.3 Å². The lowest BCUT2D eigenvalue weighted by molar-refractivity contribution is -0.127. The zero-order valence-electron chi connectivity index (χ0n) is 9.74. The maximum Gasteiger partial charge on any atom is 0.407 e. The molecule has 0 aromatic heterocycles. The summed E-state index contributed by atoms with van der Waals surface area (Å²) in [6.45, 7) is 3.28. The Hall–Kier alpha value is -1.06. The number of amides is 1. The first-order valence-corrected chi connectivity index (χ1v) is 6.03. The molecule has 1 saturated carbocycles. The Bertz CT molecular complexity index is 305. The Balaban J connectivity index is 1.97. The Labute approximate surface area is 95.6 Å². The number of carbonyl (C=O) groups excluding carboxylic acids is 1. The molecule has 16 heavy (non-hydrogen) atoms. The van der Waals surface area contributed by atoms with Gasteiger partial charge in [-0.3, -0.25) is 4.79 Å². The van der Waals surface area contributed by atoms with Gasteiger partial charge in [-0.15, -0.1) is 0 Å². The molecule has 2 rings (SSSR count). The van der Waals surface area contributed by atoms with E-state index < -0.39 is 6.09 Å². The molecule has 2 aliphatic rings. The van der Waals surface area contributed by atoms with Gasteiger partial charge in [0.2, 0.25) is 0 Å². The van der Waals surface area contributed by atoms with E-state index in [4.69, 9.17) is 5.11 Å². The number of carbonyl (C=O) groups is 2. The van der Waals surface area contributed by atoms with E-state index in [1.807, 2.05) is 6.92 Å². The third kappa shape index (κ3) is 2.06. The average Bonchev–Trinajstić information content (AvgIpc) is 2.25. The standard InChI is InChI=1S/C12H19NO3/c1-9-8-12(3-2-10(9)14)4-6-13(7-5-12)11(15)16/h9H,2-8H2,1H3,(H,15,16). The topological polar surface area (TPSA) is 57.6 Å². The zero-order valence-corrected chi connectivity index (χ0v) is 9.74. The van der Waals surface area contributed by atoms with Crippen LogP contribution in [0.2, 0.25) is 0 Å². The highest BCUT2D eigenvalue weighted by atomic mass is 16.4. The van der Waals surface area contributed by atoms with E-state index in [9.17, 15) is 9.59 Å². The Morgan fingerprint density at radius 3 is 2.50 bits per heavy atom. The molecule has 0 aromatic carbocycles. The second-order valence-corrected chi connectivity index (χ2v) is 5.34. The average molecular weight is 225 g/mol. The maximum absolute atomic E-state index is 11.5.